The highest BCUT2D eigenvalue weighted by atomic mass is 35.5. The molecule has 0 amide bonds. The summed E-state index contributed by atoms with van der Waals surface area (Å²) in [6.07, 6.45) is 1.81. The van der Waals surface area contributed by atoms with Crippen LogP contribution in [0.25, 0.3) is 0 Å². The Morgan fingerprint density at radius 3 is 2.10 bits per heavy atom. The number of halogens is 1. The third-order valence-electron chi connectivity index (χ3n) is 4.02. The van der Waals surface area contributed by atoms with Gasteiger partial charge >= 0.3 is 0 Å². The first-order valence-electron chi connectivity index (χ1n) is 7.37. The lowest BCUT2D eigenvalue weighted by Crippen LogP contribution is -2.38. The quantitative estimate of drug-likeness (QED) is 0.816. The summed E-state index contributed by atoms with van der Waals surface area (Å²) >= 11 is 5.92. The van der Waals surface area contributed by atoms with Crippen LogP contribution < -0.4 is 5.32 Å². The van der Waals surface area contributed by atoms with Gasteiger partial charge in [-0.2, -0.15) is 0 Å². The van der Waals surface area contributed by atoms with Gasteiger partial charge in [-0.25, -0.2) is 0 Å². The van der Waals surface area contributed by atoms with Gasteiger partial charge in [0, 0.05) is 10.7 Å². The van der Waals surface area contributed by atoms with Crippen molar-refractivity contribution in [1.29, 1.82) is 0 Å². The van der Waals surface area contributed by atoms with Crippen LogP contribution in [-0.2, 0) is 12.0 Å². The minimum atomic E-state index is -0.472. The Morgan fingerprint density at radius 2 is 1.62 bits per heavy atom. The number of aliphatic hydroxyl groups excluding tert-OH is 1. The molecule has 0 bridgehead atoms. The number of benzene rings is 2. The van der Waals surface area contributed by atoms with E-state index >= 15 is 0 Å². The molecule has 0 saturated heterocycles. The Labute approximate surface area is 131 Å². The molecule has 2 aromatic carbocycles. The summed E-state index contributed by atoms with van der Waals surface area (Å²) in [5.41, 5.74) is 2.88. The molecule has 2 N–H and O–H groups in total. The third-order valence-corrected chi connectivity index (χ3v) is 4.27. The molecule has 2 nitrogen and oxygen atoms in total. The molecule has 0 spiro atoms. The first-order chi connectivity index (χ1) is 10.1. The second kappa shape index (κ2) is 6.97. The van der Waals surface area contributed by atoms with Gasteiger partial charge in [0.25, 0.3) is 0 Å². The van der Waals surface area contributed by atoms with E-state index < -0.39 is 5.54 Å². The predicted molar refractivity (Wildman–Crippen MR) is 89.9 cm³/mol. The molecule has 0 aliphatic carbocycles. The first kappa shape index (κ1) is 15.9. The largest absolute Gasteiger partial charge is 0.394 e. The molecular formula is C18H22ClNO. The van der Waals surface area contributed by atoms with Gasteiger partial charge in [-0.1, -0.05) is 49.7 Å². The molecule has 112 valence electrons. The zero-order valence-corrected chi connectivity index (χ0v) is 13.3. The minimum absolute atomic E-state index is 0.0393. The van der Waals surface area contributed by atoms with E-state index in [1.54, 1.807) is 0 Å². The van der Waals surface area contributed by atoms with Crippen LogP contribution in [0, 0.1) is 0 Å². The molecule has 2 rings (SSSR count). The third kappa shape index (κ3) is 3.58. The topological polar surface area (TPSA) is 32.3 Å². The van der Waals surface area contributed by atoms with E-state index in [0.717, 1.165) is 24.1 Å². The van der Waals surface area contributed by atoms with Crippen molar-refractivity contribution in [1.82, 2.24) is 0 Å². The SMILES string of the molecule is CCc1ccc(C(CC)(CO)Nc2ccc(Cl)cc2)cc1. The molecule has 0 aliphatic rings. The molecule has 0 fully saturated rings. The molecule has 1 unspecified atom stereocenters. The standard InChI is InChI=1S/C18H22ClNO/c1-3-14-5-7-15(8-6-14)18(4-2,13-21)20-17-11-9-16(19)10-12-17/h5-12,20-21H,3-4,13H2,1-2H3. The number of nitrogens with one attached hydrogen (secondary N) is 1. The van der Waals surface area contributed by atoms with E-state index in [2.05, 4.69) is 43.4 Å². The summed E-state index contributed by atoms with van der Waals surface area (Å²) in [5, 5.41) is 14.2. The maximum atomic E-state index is 9.98. The van der Waals surface area contributed by atoms with Gasteiger partial charge in [0.15, 0.2) is 0 Å². The maximum absolute atomic E-state index is 9.98. The van der Waals surface area contributed by atoms with Gasteiger partial charge in [-0.05, 0) is 48.2 Å². The normalized spacial score (nSPS) is 13.7. The Kier molecular flexibility index (Phi) is 5.27. The Hall–Kier alpha value is -1.51. The lowest BCUT2D eigenvalue weighted by molar-refractivity contribution is 0.207. The molecule has 0 aliphatic heterocycles. The van der Waals surface area contributed by atoms with Crippen LogP contribution in [0.3, 0.4) is 0 Å². The van der Waals surface area contributed by atoms with Crippen LogP contribution in [0.5, 0.6) is 0 Å². The zero-order chi connectivity index (χ0) is 15.3. The molecule has 0 heterocycles. The van der Waals surface area contributed by atoms with E-state index in [4.69, 9.17) is 11.6 Å². The van der Waals surface area contributed by atoms with E-state index in [9.17, 15) is 5.11 Å². The van der Waals surface area contributed by atoms with Crippen molar-refractivity contribution in [2.75, 3.05) is 11.9 Å². The highest BCUT2D eigenvalue weighted by Crippen LogP contribution is 2.30. The zero-order valence-electron chi connectivity index (χ0n) is 12.6. The molecule has 0 aromatic heterocycles. The van der Waals surface area contributed by atoms with Crippen molar-refractivity contribution in [2.24, 2.45) is 0 Å². The maximum Gasteiger partial charge on any atom is 0.0854 e. The fraction of sp³-hybridized carbons (Fsp3) is 0.333. The summed E-state index contributed by atoms with van der Waals surface area (Å²) in [6, 6.07) is 16.0. The lowest BCUT2D eigenvalue weighted by atomic mass is 9.87. The van der Waals surface area contributed by atoms with Crippen molar-refractivity contribution in [3.8, 4) is 0 Å². The number of hydrogen-bond donors (Lipinski definition) is 2. The molecule has 1 atom stereocenters. The van der Waals surface area contributed by atoms with Crippen LogP contribution in [0.4, 0.5) is 5.69 Å². The highest BCUT2D eigenvalue weighted by molar-refractivity contribution is 6.30. The lowest BCUT2D eigenvalue weighted by Gasteiger charge is -2.34. The fourth-order valence-corrected chi connectivity index (χ4v) is 2.60. The van der Waals surface area contributed by atoms with Crippen molar-refractivity contribution < 1.29 is 5.11 Å². The number of rotatable bonds is 6. The first-order valence-corrected chi connectivity index (χ1v) is 7.75. The Balaban J connectivity index is 2.32. The molecule has 0 radical (unpaired) electrons. The van der Waals surface area contributed by atoms with E-state index in [1.165, 1.54) is 5.56 Å². The van der Waals surface area contributed by atoms with Crippen LogP contribution in [0.2, 0.25) is 5.02 Å². The molecule has 2 aromatic rings. The fourth-order valence-electron chi connectivity index (χ4n) is 2.48. The average Bonchev–Trinajstić information content (AvgIpc) is 2.55. The van der Waals surface area contributed by atoms with Crippen molar-refractivity contribution in [3.05, 3.63) is 64.7 Å². The van der Waals surface area contributed by atoms with Crippen molar-refractivity contribution in [3.63, 3.8) is 0 Å². The van der Waals surface area contributed by atoms with E-state index in [1.807, 2.05) is 24.3 Å². The van der Waals surface area contributed by atoms with Crippen LogP contribution in [-0.4, -0.2) is 11.7 Å². The summed E-state index contributed by atoms with van der Waals surface area (Å²) in [6.45, 7) is 4.25. The number of aliphatic hydroxyl groups is 1. The molecule has 21 heavy (non-hydrogen) atoms. The highest BCUT2D eigenvalue weighted by Gasteiger charge is 2.29. The molecule has 3 heteroatoms. The number of hydrogen-bond acceptors (Lipinski definition) is 2. The smallest absolute Gasteiger partial charge is 0.0854 e. The van der Waals surface area contributed by atoms with Crippen molar-refractivity contribution >= 4 is 17.3 Å². The number of aryl methyl sites for hydroxylation is 1. The minimum Gasteiger partial charge on any atom is -0.394 e. The van der Waals surface area contributed by atoms with Gasteiger partial charge in [0.05, 0.1) is 12.1 Å². The van der Waals surface area contributed by atoms with Gasteiger partial charge < -0.3 is 10.4 Å². The molecular weight excluding hydrogens is 282 g/mol. The van der Waals surface area contributed by atoms with E-state index in [-0.39, 0.29) is 6.61 Å². The molecule has 0 saturated carbocycles. The van der Waals surface area contributed by atoms with Gasteiger partial charge in [-0.15, -0.1) is 0 Å². The Morgan fingerprint density at radius 1 is 1.00 bits per heavy atom. The van der Waals surface area contributed by atoms with Crippen LogP contribution >= 0.6 is 11.6 Å². The second-order valence-electron chi connectivity index (χ2n) is 5.28. The van der Waals surface area contributed by atoms with Crippen LogP contribution in [0.1, 0.15) is 31.4 Å². The van der Waals surface area contributed by atoms with E-state index in [0.29, 0.717) is 5.02 Å². The van der Waals surface area contributed by atoms with Gasteiger partial charge in [0.2, 0.25) is 0 Å². The average molecular weight is 304 g/mol. The summed E-state index contributed by atoms with van der Waals surface area (Å²) in [5.74, 6) is 0. The van der Waals surface area contributed by atoms with Gasteiger partial charge in [0.1, 0.15) is 0 Å². The van der Waals surface area contributed by atoms with Gasteiger partial charge in [-0.3, -0.25) is 0 Å². The predicted octanol–water partition coefficient (Wildman–Crippen LogP) is 4.61. The summed E-state index contributed by atoms with van der Waals surface area (Å²) in [4.78, 5) is 0. The van der Waals surface area contributed by atoms with Crippen LogP contribution in [0.15, 0.2) is 48.5 Å². The monoisotopic (exact) mass is 303 g/mol. The summed E-state index contributed by atoms with van der Waals surface area (Å²) in [7, 11) is 0. The Bertz CT molecular complexity index is 559. The van der Waals surface area contributed by atoms with Crippen molar-refractivity contribution in [2.45, 2.75) is 32.2 Å². The second-order valence-corrected chi connectivity index (χ2v) is 5.71. The summed E-state index contributed by atoms with van der Waals surface area (Å²) < 4.78 is 0. The number of anilines is 1.